The summed E-state index contributed by atoms with van der Waals surface area (Å²) in [7, 11) is 1.60. The number of para-hydroxylation sites is 2. The minimum absolute atomic E-state index is 0.0788. The number of imidazole rings is 1. The number of fused-ring (bicyclic) bond motifs is 1. The van der Waals surface area contributed by atoms with Gasteiger partial charge in [0.2, 0.25) is 11.8 Å². The highest BCUT2D eigenvalue weighted by molar-refractivity contribution is 5.83. The highest BCUT2D eigenvalue weighted by atomic mass is 16.2. The second-order valence-corrected chi connectivity index (χ2v) is 4.68. The monoisotopic (exact) mass is 274 g/mol. The van der Waals surface area contributed by atoms with Gasteiger partial charge in [-0.1, -0.05) is 12.1 Å². The van der Waals surface area contributed by atoms with Crippen molar-refractivity contribution in [2.75, 3.05) is 20.1 Å². The topological polar surface area (TPSA) is 78.1 Å². The first-order valence-corrected chi connectivity index (χ1v) is 6.48. The van der Waals surface area contributed by atoms with E-state index < -0.39 is 0 Å². The molecule has 0 saturated heterocycles. The number of H-pyrrole nitrogens is 1. The van der Waals surface area contributed by atoms with E-state index in [0.717, 1.165) is 16.9 Å². The lowest BCUT2D eigenvalue weighted by Crippen LogP contribution is -2.38. The van der Waals surface area contributed by atoms with E-state index in [-0.39, 0.29) is 18.4 Å². The van der Waals surface area contributed by atoms with Gasteiger partial charge in [0.1, 0.15) is 5.82 Å². The molecule has 1 aromatic heterocycles. The number of nitrogens with one attached hydrogen (secondary N) is 2. The summed E-state index contributed by atoms with van der Waals surface area (Å²) in [4.78, 5) is 31.6. The predicted molar refractivity (Wildman–Crippen MR) is 76.1 cm³/mol. The Kier molecular flexibility index (Phi) is 4.34. The number of nitrogens with zero attached hydrogens (tertiary/aromatic N) is 2. The van der Waals surface area contributed by atoms with E-state index in [1.807, 2.05) is 24.3 Å². The van der Waals surface area contributed by atoms with Crippen LogP contribution in [0.3, 0.4) is 0 Å². The number of aromatic amines is 1. The van der Waals surface area contributed by atoms with Crippen molar-refractivity contribution >= 4 is 22.8 Å². The van der Waals surface area contributed by atoms with Crippen LogP contribution in [-0.2, 0) is 16.0 Å². The van der Waals surface area contributed by atoms with Crippen molar-refractivity contribution in [3.8, 4) is 0 Å². The van der Waals surface area contributed by atoms with Gasteiger partial charge in [-0.15, -0.1) is 0 Å². The zero-order valence-electron chi connectivity index (χ0n) is 11.6. The Morgan fingerprint density at radius 3 is 2.80 bits per heavy atom. The molecule has 0 aliphatic carbocycles. The average molecular weight is 274 g/mol. The molecule has 2 rings (SSSR count). The molecule has 2 amide bonds. The lowest BCUT2D eigenvalue weighted by atomic mass is 10.3. The Labute approximate surface area is 117 Å². The number of hydrogen-bond donors (Lipinski definition) is 2. The first-order chi connectivity index (χ1) is 9.56. The normalized spacial score (nSPS) is 10.5. The lowest BCUT2D eigenvalue weighted by molar-refractivity contribution is -0.133. The SMILES string of the molecule is CC(=O)N(C)CC(=O)NCCc1nc2ccccc2[nH]1. The van der Waals surface area contributed by atoms with E-state index in [9.17, 15) is 9.59 Å². The van der Waals surface area contributed by atoms with Gasteiger partial charge in [0, 0.05) is 26.9 Å². The van der Waals surface area contributed by atoms with Crippen molar-refractivity contribution in [2.24, 2.45) is 0 Å². The largest absolute Gasteiger partial charge is 0.354 e. The number of carbonyl (C=O) groups is 2. The van der Waals surface area contributed by atoms with Gasteiger partial charge in [0.05, 0.1) is 17.6 Å². The number of aromatic nitrogens is 2. The molecular formula is C14H18N4O2. The van der Waals surface area contributed by atoms with Gasteiger partial charge < -0.3 is 15.2 Å². The maximum Gasteiger partial charge on any atom is 0.239 e. The molecular weight excluding hydrogens is 256 g/mol. The maximum absolute atomic E-state index is 11.6. The van der Waals surface area contributed by atoms with Crippen LogP contribution in [0, 0.1) is 0 Å². The molecule has 106 valence electrons. The van der Waals surface area contributed by atoms with Crippen LogP contribution < -0.4 is 5.32 Å². The fraction of sp³-hybridized carbons (Fsp3) is 0.357. The van der Waals surface area contributed by atoms with E-state index in [1.54, 1.807) is 7.05 Å². The number of hydrogen-bond acceptors (Lipinski definition) is 3. The molecule has 0 bridgehead atoms. The third-order valence-electron chi connectivity index (χ3n) is 3.04. The number of amides is 2. The average Bonchev–Trinajstić information content (AvgIpc) is 2.81. The van der Waals surface area contributed by atoms with Crippen LogP contribution in [0.1, 0.15) is 12.7 Å². The third-order valence-corrected chi connectivity index (χ3v) is 3.04. The number of carbonyl (C=O) groups excluding carboxylic acids is 2. The summed E-state index contributed by atoms with van der Waals surface area (Å²) in [6.45, 7) is 2.00. The van der Waals surface area contributed by atoms with Gasteiger partial charge in [0.15, 0.2) is 0 Å². The molecule has 0 spiro atoms. The molecule has 1 heterocycles. The first kappa shape index (κ1) is 14.0. The van der Waals surface area contributed by atoms with Crippen LogP contribution in [0.5, 0.6) is 0 Å². The Morgan fingerprint density at radius 2 is 2.10 bits per heavy atom. The highest BCUT2D eigenvalue weighted by Crippen LogP contribution is 2.10. The summed E-state index contributed by atoms with van der Waals surface area (Å²) >= 11 is 0. The molecule has 0 saturated carbocycles. The van der Waals surface area contributed by atoms with E-state index in [0.29, 0.717) is 13.0 Å². The molecule has 2 aromatic rings. The van der Waals surface area contributed by atoms with Gasteiger partial charge in [-0.05, 0) is 12.1 Å². The smallest absolute Gasteiger partial charge is 0.239 e. The zero-order valence-corrected chi connectivity index (χ0v) is 11.6. The number of rotatable bonds is 5. The summed E-state index contributed by atoms with van der Waals surface area (Å²) in [5.41, 5.74) is 1.91. The van der Waals surface area contributed by atoms with Crippen LogP contribution in [-0.4, -0.2) is 46.8 Å². The van der Waals surface area contributed by atoms with Crippen LogP contribution in [0.25, 0.3) is 11.0 Å². The molecule has 20 heavy (non-hydrogen) atoms. The Hall–Kier alpha value is -2.37. The van der Waals surface area contributed by atoms with Crippen LogP contribution in [0.4, 0.5) is 0 Å². The van der Waals surface area contributed by atoms with Gasteiger partial charge >= 0.3 is 0 Å². The summed E-state index contributed by atoms with van der Waals surface area (Å²) < 4.78 is 0. The summed E-state index contributed by atoms with van der Waals surface area (Å²) in [5.74, 6) is 0.544. The van der Waals surface area contributed by atoms with Crippen LogP contribution in [0.15, 0.2) is 24.3 Å². The van der Waals surface area contributed by atoms with Crippen molar-refractivity contribution in [1.82, 2.24) is 20.2 Å². The van der Waals surface area contributed by atoms with Crippen LogP contribution >= 0.6 is 0 Å². The first-order valence-electron chi connectivity index (χ1n) is 6.48. The summed E-state index contributed by atoms with van der Waals surface area (Å²) in [6.07, 6.45) is 0.629. The van der Waals surface area contributed by atoms with Crippen molar-refractivity contribution in [2.45, 2.75) is 13.3 Å². The number of likely N-dealkylation sites (N-methyl/N-ethyl adjacent to an activating group) is 1. The Morgan fingerprint density at radius 1 is 1.35 bits per heavy atom. The van der Waals surface area contributed by atoms with Gasteiger partial charge in [-0.3, -0.25) is 9.59 Å². The fourth-order valence-corrected chi connectivity index (χ4v) is 1.83. The Bertz CT molecular complexity index is 587. The summed E-state index contributed by atoms with van der Waals surface area (Å²) in [6, 6.07) is 7.79. The third kappa shape index (κ3) is 3.57. The molecule has 0 aliphatic rings. The van der Waals surface area contributed by atoms with Crippen molar-refractivity contribution < 1.29 is 9.59 Å². The molecule has 0 radical (unpaired) electrons. The molecule has 1 aromatic carbocycles. The molecule has 0 unspecified atom stereocenters. The summed E-state index contributed by atoms with van der Waals surface area (Å²) in [5, 5.41) is 2.77. The fourth-order valence-electron chi connectivity index (χ4n) is 1.83. The maximum atomic E-state index is 11.6. The quantitative estimate of drug-likeness (QED) is 0.842. The molecule has 6 nitrogen and oxygen atoms in total. The van der Waals surface area contributed by atoms with E-state index in [2.05, 4.69) is 15.3 Å². The van der Waals surface area contributed by atoms with Crippen LogP contribution in [0.2, 0.25) is 0 Å². The van der Waals surface area contributed by atoms with Crippen molar-refractivity contribution in [1.29, 1.82) is 0 Å². The number of benzene rings is 1. The molecule has 0 aliphatic heterocycles. The van der Waals surface area contributed by atoms with E-state index in [4.69, 9.17) is 0 Å². The van der Waals surface area contributed by atoms with Gasteiger partial charge in [0.25, 0.3) is 0 Å². The molecule has 2 N–H and O–H groups in total. The minimum Gasteiger partial charge on any atom is -0.354 e. The van der Waals surface area contributed by atoms with E-state index in [1.165, 1.54) is 11.8 Å². The Balaban J connectivity index is 1.81. The van der Waals surface area contributed by atoms with Gasteiger partial charge in [-0.25, -0.2) is 4.98 Å². The predicted octanol–water partition coefficient (Wildman–Crippen LogP) is 0.700. The molecule has 6 heteroatoms. The van der Waals surface area contributed by atoms with E-state index >= 15 is 0 Å². The standard InChI is InChI=1S/C14H18N4O2/c1-10(19)18(2)9-14(20)15-8-7-13-16-11-5-3-4-6-12(11)17-13/h3-6H,7-9H2,1-2H3,(H,15,20)(H,16,17). The van der Waals surface area contributed by atoms with Crippen molar-refractivity contribution in [3.05, 3.63) is 30.1 Å². The molecule has 0 atom stereocenters. The minimum atomic E-state index is -0.168. The van der Waals surface area contributed by atoms with Crippen molar-refractivity contribution in [3.63, 3.8) is 0 Å². The molecule has 0 fully saturated rings. The second-order valence-electron chi connectivity index (χ2n) is 4.68. The van der Waals surface area contributed by atoms with Gasteiger partial charge in [-0.2, -0.15) is 0 Å². The second kappa shape index (κ2) is 6.18. The highest BCUT2D eigenvalue weighted by Gasteiger charge is 2.08. The lowest BCUT2D eigenvalue weighted by Gasteiger charge is -2.13. The zero-order chi connectivity index (χ0) is 14.5.